The Kier molecular flexibility index (Phi) is 5.04. The lowest BCUT2D eigenvalue weighted by Crippen LogP contribution is -2.43. The Hall–Kier alpha value is -1.44. The minimum atomic E-state index is -3.72. The van der Waals surface area contributed by atoms with Crippen LogP contribution in [0.1, 0.15) is 18.1 Å². The van der Waals surface area contributed by atoms with Crippen molar-refractivity contribution in [3.8, 4) is 0 Å². The van der Waals surface area contributed by atoms with Gasteiger partial charge in [0.2, 0.25) is 15.9 Å². The lowest BCUT2D eigenvalue weighted by atomic mass is 10.1. The van der Waals surface area contributed by atoms with Crippen molar-refractivity contribution in [3.63, 3.8) is 0 Å². The first-order valence-electron chi connectivity index (χ1n) is 5.85. The zero-order valence-corrected chi connectivity index (χ0v) is 12.0. The highest BCUT2D eigenvalue weighted by Crippen LogP contribution is 2.16. The zero-order valence-electron chi connectivity index (χ0n) is 11.2. The number of aryl methyl sites for hydroxylation is 1. The number of benzene rings is 1. The Labute approximate surface area is 113 Å². The van der Waals surface area contributed by atoms with Crippen LogP contribution in [0.3, 0.4) is 0 Å². The van der Waals surface area contributed by atoms with E-state index in [-0.39, 0.29) is 10.8 Å². The topological polar surface area (TPSA) is 101 Å². The molecule has 7 heteroatoms. The van der Waals surface area contributed by atoms with Crippen molar-refractivity contribution >= 4 is 15.9 Å². The smallest absolute Gasteiger partial charge is 0.241 e. The Morgan fingerprint density at radius 2 is 2.05 bits per heavy atom. The first-order valence-corrected chi connectivity index (χ1v) is 7.33. The molecule has 1 unspecified atom stereocenters. The second-order valence-electron chi connectivity index (χ2n) is 4.26. The molecule has 0 aliphatic rings. The number of nitrogens with one attached hydrogen (secondary N) is 2. The number of nitrogens with two attached hydrogens (primary N) is 1. The van der Waals surface area contributed by atoms with Crippen molar-refractivity contribution in [1.29, 1.82) is 0 Å². The molecule has 0 aliphatic heterocycles. The summed E-state index contributed by atoms with van der Waals surface area (Å²) in [6, 6.07) is 4.05. The lowest BCUT2D eigenvalue weighted by Gasteiger charge is -2.14. The van der Waals surface area contributed by atoms with Crippen molar-refractivity contribution in [3.05, 3.63) is 29.3 Å². The van der Waals surface area contributed by atoms with Crippen LogP contribution in [0, 0.1) is 6.92 Å². The molecule has 0 radical (unpaired) electrons. The van der Waals surface area contributed by atoms with Crippen molar-refractivity contribution in [1.82, 2.24) is 10.0 Å². The summed E-state index contributed by atoms with van der Waals surface area (Å²) in [7, 11) is -2.27. The molecular formula is C12H19N3O3S. The van der Waals surface area contributed by atoms with Gasteiger partial charge in [0.25, 0.3) is 0 Å². The molecule has 0 aromatic heterocycles. The number of carbonyl (C=O) groups excluding carboxylic acids is 1. The van der Waals surface area contributed by atoms with Gasteiger partial charge in [-0.25, -0.2) is 8.42 Å². The lowest BCUT2D eigenvalue weighted by molar-refractivity contribution is -0.121. The van der Waals surface area contributed by atoms with E-state index in [0.29, 0.717) is 12.1 Å². The molecule has 6 nitrogen and oxygen atoms in total. The summed E-state index contributed by atoms with van der Waals surface area (Å²) in [4.78, 5) is 11.5. The van der Waals surface area contributed by atoms with Crippen LogP contribution < -0.4 is 15.8 Å². The van der Waals surface area contributed by atoms with E-state index in [0.717, 1.165) is 5.56 Å². The fourth-order valence-corrected chi connectivity index (χ4v) is 3.14. The highest BCUT2D eigenvalue weighted by Gasteiger charge is 2.22. The average molecular weight is 285 g/mol. The molecular weight excluding hydrogens is 266 g/mol. The standard InChI is InChI=1S/C12H19N3O3S/c1-8-6-10(7-13)4-5-11(8)19(17,18)15-9(2)12(16)14-3/h4-6,9,15H,7,13H2,1-3H3,(H,14,16). The quantitative estimate of drug-likeness (QED) is 0.701. The predicted octanol–water partition coefficient (Wildman–Crippen LogP) is -0.133. The van der Waals surface area contributed by atoms with Gasteiger partial charge in [-0.3, -0.25) is 4.79 Å². The van der Waals surface area contributed by atoms with Crippen LogP contribution in [0.4, 0.5) is 0 Å². The van der Waals surface area contributed by atoms with Gasteiger partial charge < -0.3 is 11.1 Å². The van der Waals surface area contributed by atoms with Gasteiger partial charge in [0, 0.05) is 13.6 Å². The van der Waals surface area contributed by atoms with E-state index in [1.807, 2.05) is 0 Å². The van der Waals surface area contributed by atoms with Crippen LogP contribution in [-0.4, -0.2) is 27.4 Å². The molecule has 4 N–H and O–H groups in total. The van der Waals surface area contributed by atoms with E-state index in [1.165, 1.54) is 20.0 Å². The highest BCUT2D eigenvalue weighted by molar-refractivity contribution is 7.89. The first-order chi connectivity index (χ1) is 8.81. The molecule has 0 heterocycles. The molecule has 0 spiro atoms. The molecule has 0 aliphatic carbocycles. The van der Waals surface area contributed by atoms with Gasteiger partial charge in [-0.05, 0) is 31.0 Å². The van der Waals surface area contributed by atoms with Crippen LogP contribution in [0.25, 0.3) is 0 Å². The van der Waals surface area contributed by atoms with Gasteiger partial charge >= 0.3 is 0 Å². The third-order valence-electron chi connectivity index (χ3n) is 2.74. The summed E-state index contributed by atoms with van der Waals surface area (Å²) in [5.74, 6) is -0.389. The third-order valence-corrected chi connectivity index (χ3v) is 4.44. The summed E-state index contributed by atoms with van der Waals surface area (Å²) in [6.07, 6.45) is 0. The molecule has 19 heavy (non-hydrogen) atoms. The van der Waals surface area contributed by atoms with Gasteiger partial charge in [0.15, 0.2) is 0 Å². The molecule has 1 atom stereocenters. The van der Waals surface area contributed by atoms with Gasteiger partial charge in [-0.1, -0.05) is 12.1 Å². The fraction of sp³-hybridized carbons (Fsp3) is 0.417. The van der Waals surface area contributed by atoms with E-state index in [2.05, 4.69) is 10.0 Å². The first kappa shape index (κ1) is 15.6. The Bertz CT molecular complexity index is 570. The van der Waals surface area contributed by atoms with Crippen LogP contribution in [0.2, 0.25) is 0 Å². The largest absolute Gasteiger partial charge is 0.358 e. The second kappa shape index (κ2) is 6.14. The van der Waals surface area contributed by atoms with Gasteiger partial charge in [-0.2, -0.15) is 4.72 Å². The molecule has 0 bridgehead atoms. The zero-order chi connectivity index (χ0) is 14.6. The minimum Gasteiger partial charge on any atom is -0.358 e. The van der Waals surface area contributed by atoms with Crippen molar-refractivity contribution in [2.45, 2.75) is 31.3 Å². The summed E-state index contributed by atoms with van der Waals surface area (Å²) in [5, 5.41) is 2.39. The van der Waals surface area contributed by atoms with E-state index in [4.69, 9.17) is 5.73 Å². The van der Waals surface area contributed by atoms with E-state index < -0.39 is 16.1 Å². The molecule has 1 aromatic carbocycles. The van der Waals surface area contributed by atoms with E-state index in [1.54, 1.807) is 19.1 Å². The van der Waals surface area contributed by atoms with Crippen molar-refractivity contribution in [2.24, 2.45) is 5.73 Å². The van der Waals surface area contributed by atoms with Gasteiger partial charge in [-0.15, -0.1) is 0 Å². The fourth-order valence-electron chi connectivity index (χ4n) is 1.71. The van der Waals surface area contributed by atoms with Crippen LogP contribution in [-0.2, 0) is 21.4 Å². The minimum absolute atomic E-state index is 0.153. The van der Waals surface area contributed by atoms with E-state index in [9.17, 15) is 13.2 Å². The Morgan fingerprint density at radius 3 is 2.53 bits per heavy atom. The van der Waals surface area contributed by atoms with Crippen LogP contribution in [0.5, 0.6) is 0 Å². The number of carbonyl (C=O) groups is 1. The highest BCUT2D eigenvalue weighted by atomic mass is 32.2. The average Bonchev–Trinajstić information content (AvgIpc) is 2.36. The van der Waals surface area contributed by atoms with E-state index >= 15 is 0 Å². The molecule has 1 aromatic rings. The SMILES string of the molecule is CNC(=O)C(C)NS(=O)(=O)c1ccc(CN)cc1C. The molecule has 106 valence electrons. The molecule has 1 rings (SSSR count). The number of hydrogen-bond donors (Lipinski definition) is 3. The maximum Gasteiger partial charge on any atom is 0.241 e. The Morgan fingerprint density at radius 1 is 1.42 bits per heavy atom. The summed E-state index contributed by atoms with van der Waals surface area (Å²) >= 11 is 0. The van der Waals surface area contributed by atoms with Crippen molar-refractivity contribution < 1.29 is 13.2 Å². The molecule has 0 saturated carbocycles. The van der Waals surface area contributed by atoms with Gasteiger partial charge in [0.05, 0.1) is 10.9 Å². The predicted molar refractivity (Wildman–Crippen MR) is 72.9 cm³/mol. The van der Waals surface area contributed by atoms with Gasteiger partial charge in [0.1, 0.15) is 0 Å². The number of rotatable bonds is 5. The maximum atomic E-state index is 12.2. The number of amides is 1. The van der Waals surface area contributed by atoms with Crippen molar-refractivity contribution in [2.75, 3.05) is 7.05 Å². The maximum absolute atomic E-state index is 12.2. The number of sulfonamides is 1. The third kappa shape index (κ3) is 3.76. The molecule has 1 amide bonds. The molecule has 0 saturated heterocycles. The number of hydrogen-bond acceptors (Lipinski definition) is 4. The molecule has 0 fully saturated rings. The normalized spacial score (nSPS) is 13.1. The summed E-state index contributed by atoms with van der Waals surface area (Å²) in [6.45, 7) is 3.53. The van der Waals surface area contributed by atoms with Crippen LogP contribution in [0.15, 0.2) is 23.1 Å². The number of likely N-dealkylation sites (N-methyl/N-ethyl adjacent to an activating group) is 1. The monoisotopic (exact) mass is 285 g/mol. The summed E-state index contributed by atoms with van der Waals surface area (Å²) < 4.78 is 26.7. The Balaban J connectivity index is 3.04. The van der Waals surface area contributed by atoms with Crippen LogP contribution >= 0.6 is 0 Å². The summed E-state index contributed by atoms with van der Waals surface area (Å²) in [5.41, 5.74) is 6.95. The second-order valence-corrected chi connectivity index (χ2v) is 5.94.